The highest BCUT2D eigenvalue weighted by Gasteiger charge is 2.30. The molecule has 1 rings (SSSR count). The van der Waals surface area contributed by atoms with E-state index in [-0.39, 0.29) is 12.3 Å². The van der Waals surface area contributed by atoms with Crippen LogP contribution in [0.25, 0.3) is 0 Å². The number of carboxylic acid groups (broad SMARTS) is 1. The van der Waals surface area contributed by atoms with Gasteiger partial charge in [0.25, 0.3) is 0 Å². The molecule has 0 bridgehead atoms. The second-order valence-electron chi connectivity index (χ2n) is 8.69. The van der Waals surface area contributed by atoms with Crippen LogP contribution >= 0.6 is 0 Å². The van der Waals surface area contributed by atoms with E-state index in [2.05, 4.69) is 16.0 Å². The summed E-state index contributed by atoms with van der Waals surface area (Å²) in [6.07, 6.45) is -1.36. The molecule has 0 saturated carbocycles. The standard InChI is InChI=1S/C22H33N3O6/c1-13(2)17(25-21(30)31-22(4,5)6)19(27)24-16(12-15-10-8-7-9-11-15)23-18(26)14(3)20(28)29/h7-11,13-14,16-17H,12H2,1-6H3,(H,23,26)(H,24,27)(H,25,30)(H,28,29)/t14?,16-,17-/m0/s1. The van der Waals surface area contributed by atoms with Crippen molar-refractivity contribution in [3.05, 3.63) is 35.9 Å². The Morgan fingerprint density at radius 1 is 0.935 bits per heavy atom. The normalized spacial score (nSPS) is 14.2. The highest BCUT2D eigenvalue weighted by Crippen LogP contribution is 2.10. The van der Waals surface area contributed by atoms with Crippen LogP contribution in [0.15, 0.2) is 30.3 Å². The molecule has 172 valence electrons. The van der Waals surface area contributed by atoms with Gasteiger partial charge >= 0.3 is 12.1 Å². The minimum absolute atomic E-state index is 0.238. The molecule has 3 amide bonds. The number of nitrogens with one attached hydrogen (secondary N) is 3. The van der Waals surface area contributed by atoms with Gasteiger partial charge < -0.3 is 25.8 Å². The molecule has 3 atom stereocenters. The first-order valence-corrected chi connectivity index (χ1v) is 10.2. The van der Waals surface area contributed by atoms with Crippen LogP contribution in [0.2, 0.25) is 0 Å². The predicted octanol–water partition coefficient (Wildman–Crippen LogP) is 2.06. The Hall–Kier alpha value is -3.10. The number of alkyl carbamates (subject to hydrolysis) is 1. The highest BCUT2D eigenvalue weighted by atomic mass is 16.6. The topological polar surface area (TPSA) is 134 Å². The van der Waals surface area contributed by atoms with Crippen molar-refractivity contribution in [1.29, 1.82) is 0 Å². The van der Waals surface area contributed by atoms with E-state index in [0.717, 1.165) is 5.56 Å². The van der Waals surface area contributed by atoms with Crippen molar-refractivity contribution >= 4 is 23.9 Å². The van der Waals surface area contributed by atoms with Crippen LogP contribution in [-0.2, 0) is 25.5 Å². The lowest BCUT2D eigenvalue weighted by Crippen LogP contribution is -2.57. The summed E-state index contributed by atoms with van der Waals surface area (Å²) >= 11 is 0. The summed E-state index contributed by atoms with van der Waals surface area (Å²) < 4.78 is 5.23. The SMILES string of the molecule is CC(C(=O)O)C(=O)N[C@H](Cc1ccccc1)NC(=O)[C@@H](NC(=O)OC(C)(C)C)C(C)C. The summed E-state index contributed by atoms with van der Waals surface area (Å²) in [5.74, 6) is -4.07. The molecule has 0 fully saturated rings. The average molecular weight is 436 g/mol. The van der Waals surface area contributed by atoms with Gasteiger partial charge in [0.05, 0.1) is 0 Å². The van der Waals surface area contributed by atoms with Crippen molar-refractivity contribution in [2.24, 2.45) is 11.8 Å². The molecule has 1 aromatic rings. The molecule has 0 radical (unpaired) electrons. The van der Waals surface area contributed by atoms with E-state index in [0.29, 0.717) is 0 Å². The fourth-order valence-electron chi connectivity index (χ4n) is 2.63. The van der Waals surface area contributed by atoms with Gasteiger partial charge in [0.15, 0.2) is 0 Å². The Morgan fingerprint density at radius 3 is 1.97 bits per heavy atom. The maximum Gasteiger partial charge on any atom is 0.408 e. The summed E-state index contributed by atoms with van der Waals surface area (Å²) in [6, 6.07) is 8.20. The van der Waals surface area contributed by atoms with Gasteiger partial charge in [0, 0.05) is 6.42 Å². The zero-order chi connectivity index (χ0) is 23.8. The highest BCUT2D eigenvalue weighted by molar-refractivity contribution is 5.96. The summed E-state index contributed by atoms with van der Waals surface area (Å²) in [4.78, 5) is 48.5. The van der Waals surface area contributed by atoms with Crippen LogP contribution < -0.4 is 16.0 Å². The fourth-order valence-corrected chi connectivity index (χ4v) is 2.63. The van der Waals surface area contributed by atoms with Gasteiger partial charge in [0.1, 0.15) is 23.7 Å². The van der Waals surface area contributed by atoms with E-state index in [1.54, 1.807) is 34.6 Å². The lowest BCUT2D eigenvalue weighted by molar-refractivity contribution is -0.146. The fraction of sp³-hybridized carbons (Fsp3) is 0.545. The largest absolute Gasteiger partial charge is 0.481 e. The Kier molecular flexibility index (Phi) is 9.48. The molecule has 0 aromatic heterocycles. The number of carboxylic acids is 1. The average Bonchev–Trinajstić information content (AvgIpc) is 2.64. The zero-order valence-corrected chi connectivity index (χ0v) is 18.9. The van der Waals surface area contributed by atoms with Crippen molar-refractivity contribution in [3.63, 3.8) is 0 Å². The number of rotatable bonds is 9. The van der Waals surface area contributed by atoms with Crippen LogP contribution in [0.3, 0.4) is 0 Å². The lowest BCUT2D eigenvalue weighted by atomic mass is 10.0. The molecule has 0 aliphatic heterocycles. The molecular formula is C22H33N3O6. The maximum atomic E-state index is 12.9. The van der Waals surface area contributed by atoms with Crippen molar-refractivity contribution in [1.82, 2.24) is 16.0 Å². The first kappa shape index (κ1) is 25.9. The maximum absolute atomic E-state index is 12.9. The second kappa shape index (κ2) is 11.3. The number of ether oxygens (including phenoxy) is 1. The van der Waals surface area contributed by atoms with E-state index < -0.39 is 47.6 Å². The number of amides is 3. The summed E-state index contributed by atoms with van der Waals surface area (Å²) in [5.41, 5.74) is 0.107. The van der Waals surface area contributed by atoms with E-state index in [4.69, 9.17) is 9.84 Å². The molecular weight excluding hydrogens is 402 g/mol. The van der Waals surface area contributed by atoms with Crippen LogP contribution in [0.1, 0.15) is 47.1 Å². The molecule has 1 unspecified atom stereocenters. The van der Waals surface area contributed by atoms with Crippen LogP contribution in [-0.4, -0.2) is 46.8 Å². The van der Waals surface area contributed by atoms with Gasteiger partial charge in [-0.25, -0.2) is 4.79 Å². The number of benzene rings is 1. The van der Waals surface area contributed by atoms with Crippen molar-refractivity contribution in [2.45, 2.75) is 65.8 Å². The minimum Gasteiger partial charge on any atom is -0.481 e. The van der Waals surface area contributed by atoms with E-state index in [9.17, 15) is 19.2 Å². The third-order valence-electron chi connectivity index (χ3n) is 4.30. The monoisotopic (exact) mass is 435 g/mol. The van der Waals surface area contributed by atoms with Crippen molar-refractivity contribution < 1.29 is 29.0 Å². The zero-order valence-electron chi connectivity index (χ0n) is 18.9. The van der Waals surface area contributed by atoms with Gasteiger partial charge in [0.2, 0.25) is 11.8 Å². The number of aliphatic carboxylic acids is 1. The molecule has 0 aliphatic carbocycles. The molecule has 0 aliphatic rings. The Bertz CT molecular complexity index is 773. The minimum atomic E-state index is -1.28. The molecule has 0 heterocycles. The molecule has 0 spiro atoms. The Labute approximate surface area is 182 Å². The van der Waals surface area contributed by atoms with E-state index in [1.165, 1.54) is 6.92 Å². The molecule has 1 aromatic carbocycles. The Morgan fingerprint density at radius 2 is 1.48 bits per heavy atom. The van der Waals surface area contributed by atoms with Crippen molar-refractivity contribution in [3.8, 4) is 0 Å². The van der Waals surface area contributed by atoms with Gasteiger partial charge in [-0.3, -0.25) is 14.4 Å². The quantitative estimate of drug-likeness (QED) is 0.347. The number of carbonyl (C=O) groups is 4. The molecule has 9 nitrogen and oxygen atoms in total. The van der Waals surface area contributed by atoms with Gasteiger partial charge in [-0.15, -0.1) is 0 Å². The molecule has 4 N–H and O–H groups in total. The first-order chi connectivity index (χ1) is 14.3. The third kappa shape index (κ3) is 9.50. The lowest BCUT2D eigenvalue weighted by Gasteiger charge is -2.28. The van der Waals surface area contributed by atoms with E-state index >= 15 is 0 Å². The molecule has 9 heteroatoms. The van der Waals surface area contributed by atoms with Crippen LogP contribution in [0.5, 0.6) is 0 Å². The van der Waals surface area contributed by atoms with Crippen molar-refractivity contribution in [2.75, 3.05) is 0 Å². The van der Waals surface area contributed by atoms with E-state index in [1.807, 2.05) is 30.3 Å². The van der Waals surface area contributed by atoms with Gasteiger partial charge in [-0.1, -0.05) is 44.2 Å². The number of carbonyl (C=O) groups excluding carboxylic acids is 3. The summed E-state index contributed by atoms with van der Waals surface area (Å²) in [5, 5.41) is 16.9. The Balaban J connectivity index is 2.97. The van der Waals surface area contributed by atoms with Gasteiger partial charge in [-0.2, -0.15) is 0 Å². The smallest absolute Gasteiger partial charge is 0.408 e. The predicted molar refractivity (Wildman–Crippen MR) is 115 cm³/mol. The third-order valence-corrected chi connectivity index (χ3v) is 4.30. The van der Waals surface area contributed by atoms with Gasteiger partial charge in [-0.05, 0) is 39.2 Å². The summed E-state index contributed by atoms with van der Waals surface area (Å²) in [6.45, 7) is 9.93. The second-order valence-corrected chi connectivity index (χ2v) is 8.69. The molecule has 0 saturated heterocycles. The molecule has 31 heavy (non-hydrogen) atoms. The van der Waals surface area contributed by atoms with Crippen LogP contribution in [0, 0.1) is 11.8 Å². The summed E-state index contributed by atoms with van der Waals surface area (Å²) in [7, 11) is 0. The number of hydrogen-bond acceptors (Lipinski definition) is 5. The van der Waals surface area contributed by atoms with Crippen LogP contribution in [0.4, 0.5) is 4.79 Å². The first-order valence-electron chi connectivity index (χ1n) is 10.2. The number of hydrogen-bond donors (Lipinski definition) is 4.